The van der Waals surface area contributed by atoms with Crippen molar-refractivity contribution in [2.45, 2.75) is 0 Å². The van der Waals surface area contributed by atoms with Crippen molar-refractivity contribution < 1.29 is 9.18 Å². The molecule has 0 saturated heterocycles. The highest BCUT2D eigenvalue weighted by Gasteiger charge is 2.11. The Hall–Kier alpha value is -3.48. The van der Waals surface area contributed by atoms with Crippen LogP contribution in [0.3, 0.4) is 0 Å². The molecular formula is C18H14FN5O. The van der Waals surface area contributed by atoms with Gasteiger partial charge in [0.05, 0.1) is 5.52 Å². The number of imidazole rings is 1. The molecule has 0 spiro atoms. The molecule has 0 aliphatic rings. The first-order valence-corrected chi connectivity index (χ1v) is 7.66. The molecule has 0 aliphatic carbocycles. The molecule has 2 N–H and O–H groups in total. The second-order valence-corrected chi connectivity index (χ2v) is 5.59. The number of carbonyl (C=O) groups excluding carboxylic acids is 1. The minimum absolute atomic E-state index is 0.237. The van der Waals surface area contributed by atoms with Crippen LogP contribution >= 0.6 is 0 Å². The van der Waals surface area contributed by atoms with Crippen molar-refractivity contribution in [1.29, 1.82) is 0 Å². The van der Waals surface area contributed by atoms with Gasteiger partial charge in [-0.25, -0.2) is 9.37 Å². The number of amides is 1. The fourth-order valence-electron chi connectivity index (χ4n) is 2.64. The summed E-state index contributed by atoms with van der Waals surface area (Å²) in [6, 6.07) is 13.6. The first kappa shape index (κ1) is 15.1. The zero-order chi connectivity index (χ0) is 17.4. The van der Waals surface area contributed by atoms with Crippen LogP contribution in [0.15, 0.2) is 54.7 Å². The third-order valence-corrected chi connectivity index (χ3v) is 3.93. The van der Waals surface area contributed by atoms with E-state index in [1.54, 1.807) is 43.6 Å². The van der Waals surface area contributed by atoms with Crippen LogP contribution in [-0.2, 0) is 7.05 Å². The quantitative estimate of drug-likeness (QED) is 0.603. The molecular weight excluding hydrogens is 321 g/mol. The highest BCUT2D eigenvalue weighted by molar-refractivity contribution is 6.03. The molecule has 124 valence electrons. The molecule has 2 heterocycles. The summed E-state index contributed by atoms with van der Waals surface area (Å²) in [5.74, 6) is -0.0248. The Balaban J connectivity index is 1.58. The van der Waals surface area contributed by atoms with E-state index in [4.69, 9.17) is 0 Å². The predicted octanol–water partition coefficient (Wildman–Crippen LogP) is 3.35. The zero-order valence-electron chi connectivity index (χ0n) is 13.3. The number of hydrogen-bond acceptors (Lipinski definition) is 3. The van der Waals surface area contributed by atoms with Gasteiger partial charge in [0.1, 0.15) is 17.0 Å². The number of halogens is 1. The number of para-hydroxylation sites is 1. The van der Waals surface area contributed by atoms with E-state index in [0.717, 1.165) is 5.56 Å². The molecule has 0 saturated carbocycles. The standard InChI is InChI=1S/C18H14FN5O/c1-24-15(9-10-20-24)18(25)21-12-7-5-11(6-8-12)17-22-14-4-2-3-13(19)16(14)23-17/h2-10H,1H3,(H,21,25)(H,22,23). The van der Waals surface area contributed by atoms with E-state index in [1.807, 2.05) is 12.1 Å². The predicted molar refractivity (Wildman–Crippen MR) is 92.6 cm³/mol. The number of nitrogens with one attached hydrogen (secondary N) is 2. The first-order valence-electron chi connectivity index (χ1n) is 7.66. The number of fused-ring (bicyclic) bond motifs is 1. The van der Waals surface area contributed by atoms with Crippen LogP contribution in [-0.4, -0.2) is 25.7 Å². The van der Waals surface area contributed by atoms with E-state index in [0.29, 0.717) is 28.2 Å². The maximum absolute atomic E-state index is 13.8. The monoisotopic (exact) mass is 335 g/mol. The normalized spacial score (nSPS) is 11.0. The van der Waals surface area contributed by atoms with Crippen LogP contribution < -0.4 is 5.32 Å². The van der Waals surface area contributed by atoms with Gasteiger partial charge in [-0.15, -0.1) is 0 Å². The molecule has 0 unspecified atom stereocenters. The number of H-pyrrole nitrogens is 1. The average molecular weight is 335 g/mol. The molecule has 25 heavy (non-hydrogen) atoms. The van der Waals surface area contributed by atoms with Gasteiger partial charge in [-0.1, -0.05) is 6.07 Å². The zero-order valence-corrected chi connectivity index (χ0v) is 13.3. The third kappa shape index (κ3) is 2.76. The number of rotatable bonds is 3. The number of hydrogen-bond donors (Lipinski definition) is 2. The summed E-state index contributed by atoms with van der Waals surface area (Å²) in [5.41, 5.74) is 2.87. The van der Waals surface area contributed by atoms with Gasteiger partial charge in [0, 0.05) is 24.5 Å². The molecule has 6 nitrogen and oxygen atoms in total. The number of aromatic nitrogens is 4. The Morgan fingerprint density at radius 1 is 1.16 bits per heavy atom. The van der Waals surface area contributed by atoms with Crippen molar-refractivity contribution in [2.75, 3.05) is 5.32 Å². The molecule has 0 radical (unpaired) electrons. The van der Waals surface area contributed by atoms with E-state index in [9.17, 15) is 9.18 Å². The molecule has 0 fully saturated rings. The van der Waals surface area contributed by atoms with Gasteiger partial charge >= 0.3 is 0 Å². The van der Waals surface area contributed by atoms with Crippen molar-refractivity contribution in [2.24, 2.45) is 7.05 Å². The fourth-order valence-corrected chi connectivity index (χ4v) is 2.64. The lowest BCUT2D eigenvalue weighted by Gasteiger charge is -2.06. The molecule has 0 atom stereocenters. The van der Waals surface area contributed by atoms with Gasteiger partial charge in [-0.05, 0) is 42.5 Å². The Bertz CT molecular complexity index is 1060. The van der Waals surface area contributed by atoms with E-state index >= 15 is 0 Å². The Labute approximate surface area is 142 Å². The van der Waals surface area contributed by atoms with E-state index in [2.05, 4.69) is 20.4 Å². The minimum atomic E-state index is -0.361. The van der Waals surface area contributed by atoms with Gasteiger partial charge in [-0.2, -0.15) is 5.10 Å². The number of aromatic amines is 1. The summed E-state index contributed by atoms with van der Waals surface area (Å²) in [6.07, 6.45) is 1.57. The van der Waals surface area contributed by atoms with Gasteiger partial charge in [0.15, 0.2) is 5.82 Å². The number of carbonyl (C=O) groups is 1. The van der Waals surface area contributed by atoms with Gasteiger partial charge in [0.25, 0.3) is 5.91 Å². The van der Waals surface area contributed by atoms with E-state index in [1.165, 1.54) is 10.7 Å². The summed E-state index contributed by atoms with van der Waals surface area (Å²) in [4.78, 5) is 19.6. The number of anilines is 1. The Kier molecular flexibility index (Phi) is 3.53. The van der Waals surface area contributed by atoms with Crippen molar-refractivity contribution in [3.05, 3.63) is 66.2 Å². The van der Waals surface area contributed by atoms with E-state index in [-0.39, 0.29) is 11.7 Å². The molecule has 1 amide bonds. The minimum Gasteiger partial charge on any atom is -0.338 e. The molecule has 2 aromatic heterocycles. The van der Waals surface area contributed by atoms with Crippen LogP contribution in [0.4, 0.5) is 10.1 Å². The smallest absolute Gasteiger partial charge is 0.273 e. The lowest BCUT2D eigenvalue weighted by atomic mass is 10.2. The SMILES string of the molecule is Cn1nccc1C(=O)Nc1ccc(-c2nc3c(F)cccc3[nH]2)cc1. The van der Waals surface area contributed by atoms with Gasteiger partial charge in [-0.3, -0.25) is 9.48 Å². The maximum Gasteiger partial charge on any atom is 0.273 e. The summed E-state index contributed by atoms with van der Waals surface area (Å²) in [6.45, 7) is 0. The molecule has 4 aromatic rings. The summed E-state index contributed by atoms with van der Waals surface area (Å²) >= 11 is 0. The fraction of sp³-hybridized carbons (Fsp3) is 0.0556. The third-order valence-electron chi connectivity index (χ3n) is 3.93. The van der Waals surface area contributed by atoms with Crippen molar-refractivity contribution >= 4 is 22.6 Å². The van der Waals surface area contributed by atoms with Crippen LogP contribution in [0.2, 0.25) is 0 Å². The molecule has 7 heteroatoms. The van der Waals surface area contributed by atoms with Gasteiger partial charge < -0.3 is 10.3 Å². The Morgan fingerprint density at radius 3 is 2.64 bits per heavy atom. The lowest BCUT2D eigenvalue weighted by molar-refractivity contribution is 0.101. The highest BCUT2D eigenvalue weighted by Crippen LogP contribution is 2.23. The topological polar surface area (TPSA) is 75.6 Å². The summed E-state index contributed by atoms with van der Waals surface area (Å²) < 4.78 is 15.3. The van der Waals surface area contributed by atoms with Crippen LogP contribution in [0, 0.1) is 5.82 Å². The highest BCUT2D eigenvalue weighted by atomic mass is 19.1. The van der Waals surface area contributed by atoms with E-state index < -0.39 is 0 Å². The maximum atomic E-state index is 13.8. The first-order chi connectivity index (χ1) is 12.1. The number of benzene rings is 2. The van der Waals surface area contributed by atoms with Crippen molar-refractivity contribution in [3.63, 3.8) is 0 Å². The largest absolute Gasteiger partial charge is 0.338 e. The number of nitrogens with zero attached hydrogens (tertiary/aromatic N) is 3. The molecule has 0 bridgehead atoms. The van der Waals surface area contributed by atoms with Crippen LogP contribution in [0.5, 0.6) is 0 Å². The molecule has 0 aliphatic heterocycles. The summed E-state index contributed by atoms with van der Waals surface area (Å²) in [5, 5.41) is 6.78. The number of aryl methyl sites for hydroxylation is 1. The van der Waals surface area contributed by atoms with Crippen molar-refractivity contribution in [1.82, 2.24) is 19.7 Å². The summed E-state index contributed by atoms with van der Waals surface area (Å²) in [7, 11) is 1.71. The van der Waals surface area contributed by atoms with Crippen LogP contribution in [0.25, 0.3) is 22.4 Å². The molecule has 2 aromatic carbocycles. The second-order valence-electron chi connectivity index (χ2n) is 5.59. The van der Waals surface area contributed by atoms with Crippen LogP contribution in [0.1, 0.15) is 10.5 Å². The Morgan fingerprint density at radius 2 is 1.96 bits per heavy atom. The van der Waals surface area contributed by atoms with Gasteiger partial charge in [0.2, 0.25) is 0 Å². The van der Waals surface area contributed by atoms with Crippen molar-refractivity contribution in [3.8, 4) is 11.4 Å². The average Bonchev–Trinajstić information content (AvgIpc) is 3.22. The second kappa shape index (κ2) is 5.86. The lowest BCUT2D eigenvalue weighted by Crippen LogP contribution is -2.15. The molecule has 4 rings (SSSR count).